The Balaban J connectivity index is 1.53. The number of pyridine rings is 2. The standard InChI is InChI=1S/C20H20F3N5O2/c1-13(16-6-4-15(11-25-16)30-12-20(21,22)23)27-19(29)9-14-3-5-17(24-10-14)18-7-8-26-28(18)2/h3-8,10-11,13H,9,12H2,1-2H3,(H,27,29)/t13-/m1/s1. The predicted molar refractivity (Wildman–Crippen MR) is 102 cm³/mol. The Hall–Kier alpha value is -3.43. The second kappa shape index (κ2) is 8.93. The van der Waals surface area contributed by atoms with Crippen molar-refractivity contribution >= 4 is 5.91 Å². The number of rotatable bonds is 7. The van der Waals surface area contributed by atoms with Crippen LogP contribution in [0.4, 0.5) is 13.2 Å². The van der Waals surface area contributed by atoms with Gasteiger partial charge in [-0.2, -0.15) is 18.3 Å². The van der Waals surface area contributed by atoms with E-state index < -0.39 is 18.8 Å². The third-order valence-corrected chi connectivity index (χ3v) is 4.26. The van der Waals surface area contributed by atoms with E-state index in [1.807, 2.05) is 25.2 Å². The van der Waals surface area contributed by atoms with E-state index in [0.717, 1.165) is 17.0 Å². The van der Waals surface area contributed by atoms with Crippen LogP contribution in [-0.4, -0.2) is 38.4 Å². The van der Waals surface area contributed by atoms with Gasteiger partial charge in [0.25, 0.3) is 0 Å². The van der Waals surface area contributed by atoms with Crippen molar-refractivity contribution < 1.29 is 22.7 Å². The van der Waals surface area contributed by atoms with Gasteiger partial charge in [0, 0.05) is 19.4 Å². The number of aromatic nitrogens is 4. The van der Waals surface area contributed by atoms with Crippen LogP contribution in [0.1, 0.15) is 24.2 Å². The number of carbonyl (C=O) groups excluding carboxylic acids is 1. The number of nitrogens with zero attached hydrogens (tertiary/aromatic N) is 4. The van der Waals surface area contributed by atoms with E-state index in [1.165, 1.54) is 18.3 Å². The first-order valence-corrected chi connectivity index (χ1v) is 9.09. The van der Waals surface area contributed by atoms with Gasteiger partial charge in [-0.3, -0.25) is 19.4 Å². The molecule has 0 bridgehead atoms. The van der Waals surface area contributed by atoms with Crippen LogP contribution in [0.15, 0.2) is 48.9 Å². The molecule has 0 radical (unpaired) electrons. The van der Waals surface area contributed by atoms with Crippen LogP contribution in [0.2, 0.25) is 0 Å². The van der Waals surface area contributed by atoms with Crippen molar-refractivity contribution in [1.82, 2.24) is 25.1 Å². The van der Waals surface area contributed by atoms with Gasteiger partial charge in [0.1, 0.15) is 5.75 Å². The number of carbonyl (C=O) groups is 1. The molecule has 3 rings (SSSR count). The molecule has 0 aliphatic carbocycles. The van der Waals surface area contributed by atoms with Gasteiger partial charge in [-0.15, -0.1) is 0 Å². The fraction of sp³-hybridized carbons (Fsp3) is 0.300. The molecule has 3 aromatic heterocycles. The van der Waals surface area contributed by atoms with Gasteiger partial charge in [0.2, 0.25) is 5.91 Å². The summed E-state index contributed by atoms with van der Waals surface area (Å²) in [5.74, 6) is -0.217. The quantitative estimate of drug-likeness (QED) is 0.636. The first kappa shape index (κ1) is 21.3. The molecule has 0 saturated heterocycles. The number of hydrogen-bond acceptors (Lipinski definition) is 5. The fourth-order valence-corrected chi connectivity index (χ4v) is 2.76. The van der Waals surface area contributed by atoms with Crippen molar-refractivity contribution in [2.75, 3.05) is 6.61 Å². The molecule has 7 nitrogen and oxygen atoms in total. The maximum absolute atomic E-state index is 12.3. The summed E-state index contributed by atoms with van der Waals surface area (Å²) in [6.45, 7) is 0.355. The number of ether oxygens (including phenoxy) is 1. The summed E-state index contributed by atoms with van der Waals surface area (Å²) in [7, 11) is 1.82. The van der Waals surface area contributed by atoms with Crippen LogP contribution in [0.25, 0.3) is 11.4 Å². The molecule has 0 fully saturated rings. The molecule has 0 unspecified atom stereocenters. The van der Waals surface area contributed by atoms with Crippen LogP contribution in [0.3, 0.4) is 0 Å². The molecule has 10 heteroatoms. The second-order valence-electron chi connectivity index (χ2n) is 6.68. The van der Waals surface area contributed by atoms with E-state index >= 15 is 0 Å². The smallest absolute Gasteiger partial charge is 0.422 e. The molecule has 1 amide bonds. The Morgan fingerprint density at radius 2 is 1.97 bits per heavy atom. The molecule has 0 aliphatic heterocycles. The minimum Gasteiger partial charge on any atom is -0.483 e. The van der Waals surface area contributed by atoms with Gasteiger partial charge < -0.3 is 10.1 Å². The molecule has 0 aliphatic rings. The number of aryl methyl sites for hydroxylation is 1. The Bertz CT molecular complexity index is 985. The highest BCUT2D eigenvalue weighted by Crippen LogP contribution is 2.20. The molecule has 3 heterocycles. The van der Waals surface area contributed by atoms with Gasteiger partial charge in [0.05, 0.1) is 35.7 Å². The normalized spacial score (nSPS) is 12.4. The van der Waals surface area contributed by atoms with Crippen molar-refractivity contribution in [3.8, 4) is 17.1 Å². The van der Waals surface area contributed by atoms with E-state index in [0.29, 0.717) is 5.69 Å². The third kappa shape index (κ3) is 5.79. The van der Waals surface area contributed by atoms with E-state index in [-0.39, 0.29) is 18.1 Å². The Labute approximate surface area is 170 Å². The lowest BCUT2D eigenvalue weighted by atomic mass is 10.1. The van der Waals surface area contributed by atoms with Gasteiger partial charge in [0.15, 0.2) is 6.61 Å². The molecule has 1 N–H and O–H groups in total. The zero-order chi connectivity index (χ0) is 21.7. The third-order valence-electron chi connectivity index (χ3n) is 4.26. The first-order valence-electron chi connectivity index (χ1n) is 9.09. The lowest BCUT2D eigenvalue weighted by molar-refractivity contribution is -0.153. The van der Waals surface area contributed by atoms with Gasteiger partial charge in [-0.1, -0.05) is 6.07 Å². The maximum atomic E-state index is 12.3. The Morgan fingerprint density at radius 1 is 1.17 bits per heavy atom. The van der Waals surface area contributed by atoms with Crippen molar-refractivity contribution in [3.63, 3.8) is 0 Å². The first-order chi connectivity index (χ1) is 14.2. The van der Waals surface area contributed by atoms with Crippen LogP contribution in [0.5, 0.6) is 5.75 Å². The summed E-state index contributed by atoms with van der Waals surface area (Å²) in [5, 5.41) is 6.91. The molecule has 158 valence electrons. The van der Waals surface area contributed by atoms with Crippen LogP contribution in [0, 0.1) is 0 Å². The van der Waals surface area contributed by atoms with Gasteiger partial charge in [-0.25, -0.2) is 0 Å². The minimum absolute atomic E-state index is 0.00851. The van der Waals surface area contributed by atoms with Crippen molar-refractivity contribution in [1.29, 1.82) is 0 Å². The summed E-state index contributed by atoms with van der Waals surface area (Å²) in [4.78, 5) is 20.7. The number of alkyl halides is 3. The number of halogens is 3. The molecular formula is C20H20F3N5O2. The lowest BCUT2D eigenvalue weighted by Crippen LogP contribution is -2.28. The molecule has 1 atom stereocenters. The molecule has 30 heavy (non-hydrogen) atoms. The molecule has 0 spiro atoms. The van der Waals surface area contributed by atoms with Crippen LogP contribution >= 0.6 is 0 Å². The monoisotopic (exact) mass is 419 g/mol. The van der Waals surface area contributed by atoms with E-state index in [9.17, 15) is 18.0 Å². The molecule has 0 saturated carbocycles. The van der Waals surface area contributed by atoms with E-state index in [2.05, 4.69) is 25.1 Å². The topological polar surface area (TPSA) is 81.9 Å². The van der Waals surface area contributed by atoms with E-state index in [4.69, 9.17) is 0 Å². The zero-order valence-electron chi connectivity index (χ0n) is 16.3. The van der Waals surface area contributed by atoms with Gasteiger partial charge in [-0.05, 0) is 36.8 Å². The second-order valence-corrected chi connectivity index (χ2v) is 6.68. The van der Waals surface area contributed by atoms with Gasteiger partial charge >= 0.3 is 6.18 Å². The zero-order valence-corrected chi connectivity index (χ0v) is 16.3. The minimum atomic E-state index is -4.41. The number of nitrogens with one attached hydrogen (secondary N) is 1. The highest BCUT2D eigenvalue weighted by Gasteiger charge is 2.28. The van der Waals surface area contributed by atoms with Crippen molar-refractivity contribution in [3.05, 3.63) is 60.2 Å². The molecular weight excluding hydrogens is 399 g/mol. The lowest BCUT2D eigenvalue weighted by Gasteiger charge is -2.14. The summed E-state index contributed by atoms with van der Waals surface area (Å²) >= 11 is 0. The predicted octanol–water partition coefficient (Wildman–Crippen LogP) is 3.24. The SMILES string of the molecule is C[C@@H](NC(=O)Cc1ccc(-c2ccnn2C)nc1)c1ccc(OCC(F)(F)F)cn1. The number of amides is 1. The average molecular weight is 419 g/mol. The molecule has 3 aromatic rings. The molecule has 0 aromatic carbocycles. The Morgan fingerprint density at radius 3 is 2.53 bits per heavy atom. The maximum Gasteiger partial charge on any atom is 0.422 e. The van der Waals surface area contributed by atoms with Crippen LogP contribution in [-0.2, 0) is 18.3 Å². The van der Waals surface area contributed by atoms with Crippen molar-refractivity contribution in [2.24, 2.45) is 7.05 Å². The van der Waals surface area contributed by atoms with E-state index in [1.54, 1.807) is 24.0 Å². The summed E-state index contributed by atoms with van der Waals surface area (Å²) in [6, 6.07) is 7.98. The summed E-state index contributed by atoms with van der Waals surface area (Å²) in [5.41, 5.74) is 2.87. The summed E-state index contributed by atoms with van der Waals surface area (Å²) in [6.07, 6.45) is 0.242. The summed E-state index contributed by atoms with van der Waals surface area (Å²) < 4.78 is 42.9. The highest BCUT2D eigenvalue weighted by molar-refractivity contribution is 5.79. The highest BCUT2D eigenvalue weighted by atomic mass is 19.4. The largest absolute Gasteiger partial charge is 0.483 e. The average Bonchev–Trinajstić information content (AvgIpc) is 3.12. The van der Waals surface area contributed by atoms with Crippen LogP contribution < -0.4 is 10.1 Å². The van der Waals surface area contributed by atoms with Crippen molar-refractivity contribution in [2.45, 2.75) is 25.6 Å². The number of hydrogen-bond donors (Lipinski definition) is 1. The Kier molecular flexibility index (Phi) is 6.34. The fourth-order valence-electron chi connectivity index (χ4n) is 2.76.